The quantitative estimate of drug-likeness (QED) is 0.492. The molecule has 0 amide bonds. The van der Waals surface area contributed by atoms with Crippen LogP contribution < -0.4 is 5.73 Å². The lowest BCUT2D eigenvalue weighted by Gasteiger charge is -2.14. The van der Waals surface area contributed by atoms with E-state index in [1.54, 1.807) is 0 Å². The molecule has 0 fully saturated rings. The van der Waals surface area contributed by atoms with E-state index < -0.39 is 40.7 Å². The first kappa shape index (κ1) is 13.9. The van der Waals surface area contributed by atoms with E-state index in [1.165, 1.54) is 0 Å². The number of aliphatic hydroxyl groups excluding tert-OH is 1. The normalized spacial score (nSPS) is 12.9. The molecule has 0 aromatic heterocycles. The van der Waals surface area contributed by atoms with Crippen LogP contribution in [-0.4, -0.2) is 11.7 Å². The molecule has 7 heteroatoms. The topological polar surface area (TPSA) is 46.2 Å². The Balaban J connectivity index is 3.24. The van der Waals surface area contributed by atoms with E-state index in [0.29, 0.717) is 0 Å². The third kappa shape index (κ3) is 2.55. The number of aliphatic hydroxyl groups is 1. The summed E-state index contributed by atoms with van der Waals surface area (Å²) in [4.78, 5) is 0. The minimum atomic E-state index is -2.21. The smallest absolute Gasteiger partial charge is 0.200 e. The maximum absolute atomic E-state index is 13.2. The molecule has 96 valence electrons. The van der Waals surface area contributed by atoms with Crippen molar-refractivity contribution in [2.45, 2.75) is 18.9 Å². The minimum absolute atomic E-state index is 0.0884. The van der Waals surface area contributed by atoms with Crippen LogP contribution in [0.4, 0.5) is 22.0 Å². The fourth-order valence-electron chi connectivity index (χ4n) is 1.40. The number of benzene rings is 1. The highest BCUT2D eigenvalue weighted by Crippen LogP contribution is 2.28. The summed E-state index contributed by atoms with van der Waals surface area (Å²) in [6.45, 7) is -0.289. The van der Waals surface area contributed by atoms with E-state index in [2.05, 4.69) is 0 Å². The molecule has 0 aliphatic heterocycles. The molecule has 0 saturated carbocycles. The lowest BCUT2D eigenvalue weighted by atomic mass is 10.0. The lowest BCUT2D eigenvalue weighted by Crippen LogP contribution is -2.18. The van der Waals surface area contributed by atoms with Gasteiger partial charge in [0.15, 0.2) is 23.3 Å². The zero-order chi connectivity index (χ0) is 13.2. The summed E-state index contributed by atoms with van der Waals surface area (Å²) in [5.74, 6) is -10.1. The van der Waals surface area contributed by atoms with E-state index in [9.17, 15) is 22.0 Å². The fraction of sp³-hybridized carbons (Fsp3) is 0.400. The molecule has 0 unspecified atom stereocenters. The van der Waals surface area contributed by atoms with Crippen LogP contribution in [0, 0.1) is 29.1 Å². The van der Waals surface area contributed by atoms with Crippen LogP contribution in [0.25, 0.3) is 0 Å². The van der Waals surface area contributed by atoms with Crippen molar-refractivity contribution in [3.05, 3.63) is 34.6 Å². The lowest BCUT2D eigenvalue weighted by molar-refractivity contribution is 0.277. The van der Waals surface area contributed by atoms with Gasteiger partial charge in [0.25, 0.3) is 0 Å². The summed E-state index contributed by atoms with van der Waals surface area (Å²) in [6.07, 6.45) is 0.00944. The highest BCUT2D eigenvalue weighted by atomic mass is 19.2. The van der Waals surface area contributed by atoms with Crippen molar-refractivity contribution in [2.75, 3.05) is 6.61 Å². The third-order valence-corrected chi connectivity index (χ3v) is 2.29. The Morgan fingerprint density at radius 2 is 1.29 bits per heavy atom. The largest absolute Gasteiger partial charge is 0.396 e. The predicted octanol–water partition coefficient (Wildman–Crippen LogP) is 2.15. The highest BCUT2D eigenvalue weighted by molar-refractivity contribution is 5.26. The van der Waals surface area contributed by atoms with Gasteiger partial charge in [-0.15, -0.1) is 0 Å². The third-order valence-electron chi connectivity index (χ3n) is 2.29. The van der Waals surface area contributed by atoms with Crippen molar-refractivity contribution in [1.29, 1.82) is 0 Å². The molecule has 0 bridgehead atoms. The van der Waals surface area contributed by atoms with Gasteiger partial charge in [-0.2, -0.15) is 0 Å². The summed E-state index contributed by atoms with van der Waals surface area (Å²) in [7, 11) is 0. The maximum atomic E-state index is 13.2. The van der Waals surface area contributed by atoms with Gasteiger partial charge in [0.1, 0.15) is 0 Å². The number of hydrogen-bond acceptors (Lipinski definition) is 2. The van der Waals surface area contributed by atoms with Crippen molar-refractivity contribution in [3.8, 4) is 0 Å². The number of hydrogen-bond donors (Lipinski definition) is 2. The van der Waals surface area contributed by atoms with Crippen molar-refractivity contribution in [3.63, 3.8) is 0 Å². The van der Waals surface area contributed by atoms with E-state index in [0.717, 1.165) is 0 Å². The van der Waals surface area contributed by atoms with E-state index in [1.807, 2.05) is 0 Å². The van der Waals surface area contributed by atoms with E-state index in [4.69, 9.17) is 10.8 Å². The molecule has 1 aromatic carbocycles. The highest BCUT2D eigenvalue weighted by Gasteiger charge is 2.28. The summed E-state index contributed by atoms with van der Waals surface area (Å²) in [6, 6.07) is -1.35. The number of nitrogens with two attached hydrogens (primary N) is 1. The first-order chi connectivity index (χ1) is 7.91. The van der Waals surface area contributed by atoms with Gasteiger partial charge in [-0.1, -0.05) is 0 Å². The Morgan fingerprint density at radius 1 is 0.882 bits per heavy atom. The van der Waals surface area contributed by atoms with Crippen molar-refractivity contribution >= 4 is 0 Å². The molecule has 1 atom stereocenters. The van der Waals surface area contributed by atoms with Gasteiger partial charge in [-0.3, -0.25) is 0 Å². The summed E-state index contributed by atoms with van der Waals surface area (Å²) in [5.41, 5.74) is 4.28. The SMILES string of the molecule is N[C@H](CCCO)c1c(F)c(F)c(F)c(F)c1F. The van der Waals surface area contributed by atoms with Crippen LogP contribution in [0.5, 0.6) is 0 Å². The maximum Gasteiger partial charge on any atom is 0.200 e. The molecule has 3 N–H and O–H groups in total. The Kier molecular flexibility index (Phi) is 4.41. The molecule has 0 aliphatic carbocycles. The van der Waals surface area contributed by atoms with Crippen LogP contribution in [0.1, 0.15) is 24.4 Å². The van der Waals surface area contributed by atoms with Gasteiger partial charge >= 0.3 is 0 Å². The Bertz CT molecular complexity index is 395. The molecule has 2 nitrogen and oxygen atoms in total. The molecule has 0 spiro atoms. The average molecular weight is 255 g/mol. The Labute approximate surface area is 93.9 Å². The van der Waals surface area contributed by atoms with Crippen LogP contribution in [0.3, 0.4) is 0 Å². The van der Waals surface area contributed by atoms with E-state index in [-0.39, 0.29) is 19.4 Å². The van der Waals surface area contributed by atoms with Gasteiger partial charge in [-0.25, -0.2) is 22.0 Å². The van der Waals surface area contributed by atoms with Gasteiger partial charge < -0.3 is 10.8 Å². The molecule has 0 saturated heterocycles. The molecule has 0 heterocycles. The Morgan fingerprint density at radius 3 is 1.71 bits per heavy atom. The second-order valence-corrected chi connectivity index (χ2v) is 3.46. The standard InChI is InChI=1S/C10H10F5NO/c11-6-5(4(16)2-1-3-17)7(12)9(14)10(15)8(6)13/h4,17H,1-3,16H2/t4-/m1/s1. The Hall–Kier alpha value is -1.21. The number of rotatable bonds is 4. The first-order valence-electron chi connectivity index (χ1n) is 4.79. The van der Waals surface area contributed by atoms with Gasteiger partial charge in [0, 0.05) is 18.2 Å². The van der Waals surface area contributed by atoms with Gasteiger partial charge in [0.05, 0.1) is 0 Å². The van der Waals surface area contributed by atoms with Gasteiger partial charge in [0.2, 0.25) is 5.82 Å². The second-order valence-electron chi connectivity index (χ2n) is 3.46. The first-order valence-corrected chi connectivity index (χ1v) is 4.79. The average Bonchev–Trinajstić information content (AvgIpc) is 2.31. The molecule has 0 radical (unpaired) electrons. The van der Waals surface area contributed by atoms with Crippen LogP contribution in [0.15, 0.2) is 0 Å². The fourth-order valence-corrected chi connectivity index (χ4v) is 1.40. The molecule has 1 rings (SSSR count). The molecule has 0 aliphatic rings. The second kappa shape index (κ2) is 5.42. The predicted molar refractivity (Wildman–Crippen MR) is 49.5 cm³/mol. The zero-order valence-electron chi connectivity index (χ0n) is 8.61. The summed E-state index contributed by atoms with van der Waals surface area (Å²) >= 11 is 0. The van der Waals surface area contributed by atoms with Crippen LogP contribution >= 0.6 is 0 Å². The monoisotopic (exact) mass is 255 g/mol. The molecular weight excluding hydrogens is 245 g/mol. The van der Waals surface area contributed by atoms with Crippen molar-refractivity contribution in [2.24, 2.45) is 5.73 Å². The molecular formula is C10H10F5NO. The van der Waals surface area contributed by atoms with Crippen LogP contribution in [0.2, 0.25) is 0 Å². The summed E-state index contributed by atoms with van der Waals surface area (Å²) in [5, 5.41) is 8.50. The van der Waals surface area contributed by atoms with Crippen molar-refractivity contribution < 1.29 is 27.1 Å². The zero-order valence-corrected chi connectivity index (χ0v) is 8.61. The molecule has 1 aromatic rings. The minimum Gasteiger partial charge on any atom is -0.396 e. The molecule has 17 heavy (non-hydrogen) atoms. The summed E-state index contributed by atoms with van der Waals surface area (Å²) < 4.78 is 64.8. The van der Waals surface area contributed by atoms with Crippen LogP contribution in [-0.2, 0) is 0 Å². The van der Waals surface area contributed by atoms with Gasteiger partial charge in [-0.05, 0) is 12.8 Å². The number of halogens is 5. The van der Waals surface area contributed by atoms with Crippen molar-refractivity contribution in [1.82, 2.24) is 0 Å². The van der Waals surface area contributed by atoms with E-state index >= 15 is 0 Å².